The van der Waals surface area contributed by atoms with Crippen LogP contribution >= 0.6 is 0 Å². The van der Waals surface area contributed by atoms with Crippen LogP contribution in [-0.4, -0.2) is 34.5 Å². The van der Waals surface area contributed by atoms with E-state index < -0.39 is 10.0 Å². The number of nitrogens with zero attached hydrogens (tertiary/aromatic N) is 1. The van der Waals surface area contributed by atoms with Crippen molar-refractivity contribution < 1.29 is 17.9 Å². The van der Waals surface area contributed by atoms with Gasteiger partial charge < -0.3 is 10.1 Å². The van der Waals surface area contributed by atoms with E-state index in [9.17, 15) is 13.2 Å². The van der Waals surface area contributed by atoms with E-state index in [1.165, 1.54) is 23.5 Å². The molecular weight excluding hydrogens is 400 g/mol. The van der Waals surface area contributed by atoms with Crippen LogP contribution in [0.25, 0.3) is 0 Å². The van der Waals surface area contributed by atoms with Gasteiger partial charge in [0.15, 0.2) is 0 Å². The van der Waals surface area contributed by atoms with Crippen molar-refractivity contribution in [3.8, 4) is 5.75 Å². The number of aryl methyl sites for hydroxylation is 1. The summed E-state index contributed by atoms with van der Waals surface area (Å²) >= 11 is 0. The molecule has 0 atom stereocenters. The molecule has 7 heteroatoms. The van der Waals surface area contributed by atoms with Gasteiger partial charge >= 0.3 is 0 Å². The number of carbonyl (C=O) groups excluding carboxylic acids is 1. The van der Waals surface area contributed by atoms with Gasteiger partial charge in [-0.05, 0) is 55.0 Å². The third kappa shape index (κ3) is 5.18. The fourth-order valence-electron chi connectivity index (χ4n) is 2.87. The predicted octanol–water partition coefficient (Wildman–Crippen LogP) is 3.63. The summed E-state index contributed by atoms with van der Waals surface area (Å²) in [5.41, 5.74) is 1.91. The molecule has 0 unspecified atom stereocenters. The highest BCUT2D eigenvalue weighted by Crippen LogP contribution is 2.22. The lowest BCUT2D eigenvalue weighted by molar-refractivity contribution is 0.0946. The fourth-order valence-corrected chi connectivity index (χ4v) is 4.12. The first-order valence-corrected chi connectivity index (χ1v) is 10.9. The van der Waals surface area contributed by atoms with Gasteiger partial charge in [-0.3, -0.25) is 9.10 Å². The molecular formula is C23H24N2O4S. The lowest BCUT2D eigenvalue weighted by atomic mass is 10.2. The smallest absolute Gasteiger partial charge is 0.264 e. The monoisotopic (exact) mass is 424 g/mol. The van der Waals surface area contributed by atoms with Crippen molar-refractivity contribution in [2.75, 3.05) is 24.5 Å². The Kier molecular flexibility index (Phi) is 6.74. The Labute approximate surface area is 177 Å². The summed E-state index contributed by atoms with van der Waals surface area (Å²) in [5, 5.41) is 2.75. The molecule has 0 saturated carbocycles. The lowest BCUT2D eigenvalue weighted by Gasteiger charge is -2.19. The molecule has 1 amide bonds. The molecule has 0 aliphatic carbocycles. The van der Waals surface area contributed by atoms with Crippen molar-refractivity contribution in [2.45, 2.75) is 11.8 Å². The maximum atomic E-state index is 12.9. The Hall–Kier alpha value is -3.32. The standard InChI is InChI=1S/C23H24N2O4S/c1-18-8-6-12-21(16-18)29-15-14-24-23(26)19-9-7-13-22(17-19)30(27,28)25(2)20-10-4-3-5-11-20/h3-13,16-17H,14-15H2,1-2H3,(H,24,26). The quantitative estimate of drug-likeness (QED) is 0.561. The number of ether oxygens (including phenoxy) is 1. The van der Waals surface area contributed by atoms with Gasteiger partial charge in [-0.1, -0.05) is 36.4 Å². The van der Waals surface area contributed by atoms with Crippen molar-refractivity contribution in [2.24, 2.45) is 0 Å². The third-order valence-electron chi connectivity index (χ3n) is 4.52. The molecule has 0 bridgehead atoms. The first kappa shape index (κ1) is 21.4. The molecule has 0 aliphatic rings. The second-order valence-electron chi connectivity index (χ2n) is 6.76. The molecule has 3 aromatic rings. The predicted molar refractivity (Wildman–Crippen MR) is 117 cm³/mol. The van der Waals surface area contributed by atoms with Gasteiger partial charge in [-0.15, -0.1) is 0 Å². The minimum absolute atomic E-state index is 0.0533. The number of benzene rings is 3. The van der Waals surface area contributed by atoms with Gasteiger partial charge in [0.25, 0.3) is 15.9 Å². The highest BCUT2D eigenvalue weighted by molar-refractivity contribution is 7.92. The summed E-state index contributed by atoms with van der Waals surface area (Å²) in [6.45, 7) is 2.59. The van der Waals surface area contributed by atoms with Gasteiger partial charge in [0.05, 0.1) is 17.1 Å². The average molecular weight is 425 g/mol. The van der Waals surface area contributed by atoms with Gasteiger partial charge in [-0.25, -0.2) is 8.42 Å². The summed E-state index contributed by atoms with van der Waals surface area (Å²) in [6, 6.07) is 22.4. The Bertz CT molecular complexity index is 1110. The first-order chi connectivity index (χ1) is 14.4. The number of sulfonamides is 1. The topological polar surface area (TPSA) is 75.7 Å². The van der Waals surface area contributed by atoms with Crippen LogP contribution in [-0.2, 0) is 10.0 Å². The van der Waals surface area contributed by atoms with Crippen LogP contribution < -0.4 is 14.4 Å². The summed E-state index contributed by atoms with van der Waals surface area (Å²) in [5.74, 6) is 0.378. The zero-order valence-electron chi connectivity index (χ0n) is 16.9. The van der Waals surface area contributed by atoms with Gasteiger partial charge in [0.2, 0.25) is 0 Å². The SMILES string of the molecule is Cc1cccc(OCCNC(=O)c2cccc(S(=O)(=O)N(C)c3ccccc3)c2)c1. The second-order valence-corrected chi connectivity index (χ2v) is 8.73. The zero-order chi connectivity index (χ0) is 21.6. The first-order valence-electron chi connectivity index (χ1n) is 9.49. The molecule has 156 valence electrons. The van der Waals surface area contributed by atoms with Gasteiger partial charge in [-0.2, -0.15) is 0 Å². The van der Waals surface area contributed by atoms with Gasteiger partial charge in [0.1, 0.15) is 12.4 Å². The Morgan fingerprint density at radius 1 is 0.967 bits per heavy atom. The van der Waals surface area contributed by atoms with Crippen molar-refractivity contribution in [1.29, 1.82) is 0 Å². The summed E-state index contributed by atoms with van der Waals surface area (Å²) in [7, 11) is -2.30. The average Bonchev–Trinajstić information content (AvgIpc) is 2.77. The normalized spacial score (nSPS) is 11.0. The maximum absolute atomic E-state index is 12.9. The maximum Gasteiger partial charge on any atom is 0.264 e. The van der Waals surface area contributed by atoms with Crippen molar-refractivity contribution in [1.82, 2.24) is 5.32 Å². The Morgan fingerprint density at radius 3 is 2.43 bits per heavy atom. The minimum atomic E-state index is -3.78. The van der Waals surface area contributed by atoms with Gasteiger partial charge in [0, 0.05) is 12.6 Å². The van der Waals surface area contributed by atoms with E-state index in [-0.39, 0.29) is 16.4 Å². The number of para-hydroxylation sites is 1. The lowest BCUT2D eigenvalue weighted by Crippen LogP contribution is -2.29. The molecule has 0 spiro atoms. The number of nitrogens with one attached hydrogen (secondary N) is 1. The summed E-state index contributed by atoms with van der Waals surface area (Å²) in [6.07, 6.45) is 0. The number of rotatable bonds is 8. The van der Waals surface area contributed by atoms with Crippen LogP contribution in [0.5, 0.6) is 5.75 Å². The molecule has 0 saturated heterocycles. The van der Waals surface area contributed by atoms with Crippen molar-refractivity contribution >= 4 is 21.6 Å². The van der Waals surface area contributed by atoms with E-state index in [2.05, 4.69) is 5.32 Å². The summed E-state index contributed by atoms with van der Waals surface area (Å²) < 4.78 is 32.7. The van der Waals surface area contributed by atoms with Crippen LogP contribution in [0.3, 0.4) is 0 Å². The van der Waals surface area contributed by atoms with E-state index in [0.717, 1.165) is 11.3 Å². The third-order valence-corrected chi connectivity index (χ3v) is 6.30. The van der Waals surface area contributed by atoms with E-state index in [1.54, 1.807) is 36.4 Å². The molecule has 0 radical (unpaired) electrons. The van der Waals surface area contributed by atoms with Crippen molar-refractivity contribution in [3.63, 3.8) is 0 Å². The molecule has 0 heterocycles. The van der Waals surface area contributed by atoms with Crippen LogP contribution in [0.1, 0.15) is 15.9 Å². The minimum Gasteiger partial charge on any atom is -0.492 e. The second kappa shape index (κ2) is 9.45. The molecule has 30 heavy (non-hydrogen) atoms. The molecule has 1 N–H and O–H groups in total. The molecule has 0 aliphatic heterocycles. The largest absolute Gasteiger partial charge is 0.492 e. The van der Waals surface area contributed by atoms with E-state index in [4.69, 9.17) is 4.74 Å². The van der Waals surface area contributed by atoms with Crippen LogP contribution in [0.4, 0.5) is 5.69 Å². The molecule has 3 aromatic carbocycles. The molecule has 0 aromatic heterocycles. The number of amides is 1. The van der Waals surface area contributed by atoms with E-state index >= 15 is 0 Å². The number of carbonyl (C=O) groups is 1. The van der Waals surface area contributed by atoms with Crippen LogP contribution in [0.15, 0.2) is 83.8 Å². The number of anilines is 1. The molecule has 3 rings (SSSR count). The van der Waals surface area contributed by atoms with Crippen molar-refractivity contribution in [3.05, 3.63) is 90.0 Å². The van der Waals surface area contributed by atoms with Crippen LogP contribution in [0, 0.1) is 6.92 Å². The highest BCUT2D eigenvalue weighted by Gasteiger charge is 2.22. The zero-order valence-corrected chi connectivity index (χ0v) is 17.7. The Morgan fingerprint density at radius 2 is 1.70 bits per heavy atom. The fraction of sp³-hybridized carbons (Fsp3) is 0.174. The molecule has 6 nitrogen and oxygen atoms in total. The number of hydrogen-bond acceptors (Lipinski definition) is 4. The van der Waals surface area contributed by atoms with Crippen LogP contribution in [0.2, 0.25) is 0 Å². The Balaban J connectivity index is 1.63. The molecule has 0 fully saturated rings. The van der Waals surface area contributed by atoms with E-state index in [1.807, 2.05) is 37.3 Å². The number of hydrogen-bond donors (Lipinski definition) is 1. The summed E-state index contributed by atoms with van der Waals surface area (Å²) in [4.78, 5) is 12.5. The highest BCUT2D eigenvalue weighted by atomic mass is 32.2. The van der Waals surface area contributed by atoms with E-state index in [0.29, 0.717) is 18.8 Å².